The molecule has 0 fully saturated rings. The van der Waals surface area contributed by atoms with Crippen molar-refractivity contribution in [1.29, 1.82) is 0 Å². The smallest absolute Gasteiger partial charge is 0.00973 e. The van der Waals surface area contributed by atoms with Crippen molar-refractivity contribution in [2.75, 3.05) is 0 Å². The number of hydrogen-bond acceptors (Lipinski definition) is 0. The van der Waals surface area contributed by atoms with Crippen LogP contribution in [0.3, 0.4) is 0 Å². The van der Waals surface area contributed by atoms with E-state index in [9.17, 15) is 0 Å². The fraction of sp³-hybridized carbons (Fsp3) is 0.467. The predicted octanol–water partition coefficient (Wildman–Crippen LogP) is 4.26. The van der Waals surface area contributed by atoms with Crippen LogP contribution in [0, 0.1) is 13.0 Å². The lowest BCUT2D eigenvalue weighted by atomic mass is 9.95. The van der Waals surface area contributed by atoms with E-state index in [1.54, 1.807) is 0 Å². The molecule has 0 nitrogen and oxygen atoms in total. The lowest BCUT2D eigenvalue weighted by molar-refractivity contribution is 0.712. The molecule has 1 aromatic rings. The molecule has 0 aliphatic heterocycles. The summed E-state index contributed by atoms with van der Waals surface area (Å²) in [5, 5.41) is 0. The molecule has 1 aromatic carbocycles. The summed E-state index contributed by atoms with van der Waals surface area (Å²) in [4.78, 5) is 0. The highest BCUT2D eigenvalue weighted by Gasteiger charge is 2.03. The Balaban J connectivity index is 2.77. The minimum Gasteiger partial charge on any atom is -0.103 e. The molecular formula is C15H21. The first kappa shape index (κ1) is 12.0. The molecule has 0 saturated heterocycles. The maximum Gasteiger partial charge on any atom is -0.00973 e. The molecule has 0 atom stereocenters. The Morgan fingerprint density at radius 1 is 1.40 bits per heavy atom. The molecule has 81 valence electrons. The van der Waals surface area contributed by atoms with Crippen LogP contribution >= 0.6 is 0 Å². The molecule has 0 unspecified atom stereocenters. The Morgan fingerprint density at radius 3 is 2.87 bits per heavy atom. The lowest BCUT2D eigenvalue weighted by Crippen LogP contribution is -1.97. The van der Waals surface area contributed by atoms with Crippen LogP contribution in [-0.4, -0.2) is 0 Å². The molecule has 0 saturated carbocycles. The second-order valence-electron chi connectivity index (χ2n) is 4.06. The number of aryl methyl sites for hydroxylation is 1. The van der Waals surface area contributed by atoms with E-state index >= 15 is 0 Å². The summed E-state index contributed by atoms with van der Waals surface area (Å²) in [5.74, 6) is 0. The van der Waals surface area contributed by atoms with E-state index in [-0.39, 0.29) is 0 Å². The van der Waals surface area contributed by atoms with Gasteiger partial charge < -0.3 is 0 Å². The molecule has 15 heavy (non-hydrogen) atoms. The van der Waals surface area contributed by atoms with Gasteiger partial charge in [0, 0.05) is 0 Å². The summed E-state index contributed by atoms with van der Waals surface area (Å²) in [6.45, 7) is 8.22. The van der Waals surface area contributed by atoms with Gasteiger partial charge in [-0.1, -0.05) is 38.0 Å². The number of rotatable bonds is 6. The zero-order valence-electron chi connectivity index (χ0n) is 9.97. The molecule has 0 spiro atoms. The van der Waals surface area contributed by atoms with Gasteiger partial charge in [0.15, 0.2) is 0 Å². The van der Waals surface area contributed by atoms with Crippen LogP contribution < -0.4 is 0 Å². The molecule has 0 N–H and O–H groups in total. The predicted molar refractivity (Wildman–Crippen MR) is 67.1 cm³/mol. The van der Waals surface area contributed by atoms with Crippen molar-refractivity contribution >= 4 is 0 Å². The zero-order chi connectivity index (χ0) is 11.1. The first-order valence-corrected chi connectivity index (χ1v) is 5.89. The highest BCUT2D eigenvalue weighted by Crippen LogP contribution is 2.17. The molecule has 0 heterocycles. The van der Waals surface area contributed by atoms with Gasteiger partial charge in [-0.15, -0.1) is 6.58 Å². The van der Waals surface area contributed by atoms with E-state index in [4.69, 9.17) is 0 Å². The Bertz CT molecular complexity index is 310. The molecular weight excluding hydrogens is 180 g/mol. The number of unbranched alkanes of at least 4 members (excludes halogenated alkanes) is 2. The quantitative estimate of drug-likeness (QED) is 0.476. The van der Waals surface area contributed by atoms with E-state index in [0.29, 0.717) is 0 Å². The van der Waals surface area contributed by atoms with Gasteiger partial charge in [-0.05, 0) is 48.9 Å². The second-order valence-corrected chi connectivity index (χ2v) is 4.06. The van der Waals surface area contributed by atoms with Crippen LogP contribution in [-0.2, 0) is 12.8 Å². The van der Waals surface area contributed by atoms with Crippen LogP contribution in [0.5, 0.6) is 0 Å². The maximum atomic E-state index is 3.81. The minimum atomic E-state index is 0.983. The van der Waals surface area contributed by atoms with Gasteiger partial charge in [-0.25, -0.2) is 0 Å². The van der Waals surface area contributed by atoms with E-state index in [1.165, 1.54) is 42.4 Å². The molecule has 1 radical (unpaired) electrons. The van der Waals surface area contributed by atoms with Gasteiger partial charge in [0.25, 0.3) is 0 Å². The average Bonchev–Trinajstić information content (AvgIpc) is 2.23. The van der Waals surface area contributed by atoms with Gasteiger partial charge in [0.05, 0.1) is 0 Å². The highest BCUT2D eigenvalue weighted by atomic mass is 14.1. The number of allylic oxidation sites excluding steroid dienone is 1. The Hall–Kier alpha value is -1.04. The topological polar surface area (TPSA) is 0 Å². The summed E-state index contributed by atoms with van der Waals surface area (Å²) >= 11 is 0. The van der Waals surface area contributed by atoms with Crippen molar-refractivity contribution in [1.82, 2.24) is 0 Å². The normalized spacial score (nSPS) is 10.3. The molecule has 1 rings (SSSR count). The number of hydrogen-bond donors (Lipinski definition) is 0. The Kier molecular flexibility index (Phi) is 5.17. The molecule has 0 bridgehead atoms. The van der Waals surface area contributed by atoms with Gasteiger partial charge >= 0.3 is 0 Å². The van der Waals surface area contributed by atoms with Crippen molar-refractivity contribution in [2.24, 2.45) is 0 Å². The zero-order valence-corrected chi connectivity index (χ0v) is 9.97. The lowest BCUT2D eigenvalue weighted by Gasteiger charge is -2.10. The summed E-state index contributed by atoms with van der Waals surface area (Å²) in [5.41, 5.74) is 4.23. The fourth-order valence-electron chi connectivity index (χ4n) is 1.94. The van der Waals surface area contributed by atoms with E-state index in [2.05, 4.69) is 32.6 Å². The van der Waals surface area contributed by atoms with Crippen molar-refractivity contribution in [3.05, 3.63) is 47.5 Å². The first-order chi connectivity index (χ1) is 7.29. The van der Waals surface area contributed by atoms with Crippen LogP contribution in [0.15, 0.2) is 24.8 Å². The van der Waals surface area contributed by atoms with Crippen molar-refractivity contribution in [2.45, 2.75) is 46.0 Å². The summed E-state index contributed by atoms with van der Waals surface area (Å²) in [6.07, 6.45) is 8.06. The minimum absolute atomic E-state index is 0.983. The monoisotopic (exact) mass is 201 g/mol. The van der Waals surface area contributed by atoms with Crippen LogP contribution in [0.4, 0.5) is 0 Å². The van der Waals surface area contributed by atoms with E-state index < -0.39 is 0 Å². The average molecular weight is 201 g/mol. The molecule has 0 aromatic heterocycles. The molecule has 0 heteroatoms. The third-order valence-electron chi connectivity index (χ3n) is 2.82. The molecule has 0 amide bonds. The summed E-state index contributed by atoms with van der Waals surface area (Å²) in [7, 11) is 0. The molecule has 0 aliphatic rings. The van der Waals surface area contributed by atoms with Crippen molar-refractivity contribution in [3.63, 3.8) is 0 Å². The highest BCUT2D eigenvalue weighted by molar-refractivity contribution is 5.35. The Morgan fingerprint density at radius 2 is 2.20 bits per heavy atom. The van der Waals surface area contributed by atoms with Crippen molar-refractivity contribution in [3.8, 4) is 0 Å². The third kappa shape index (κ3) is 3.54. The van der Waals surface area contributed by atoms with Gasteiger partial charge in [-0.2, -0.15) is 0 Å². The van der Waals surface area contributed by atoms with Crippen molar-refractivity contribution < 1.29 is 0 Å². The van der Waals surface area contributed by atoms with Gasteiger partial charge in [0.2, 0.25) is 0 Å². The third-order valence-corrected chi connectivity index (χ3v) is 2.82. The largest absolute Gasteiger partial charge is 0.103 e. The van der Waals surface area contributed by atoms with Gasteiger partial charge in [-0.3, -0.25) is 0 Å². The standard InChI is InChI=1S/C15H21/c1-4-6-7-12-15-13(3)10-8-11-14(15)9-5-2/h5,8,11H,2,4,6-7,9,12H2,1,3H3. The van der Waals surface area contributed by atoms with Gasteiger partial charge in [0.1, 0.15) is 0 Å². The van der Waals surface area contributed by atoms with Crippen LogP contribution in [0.25, 0.3) is 0 Å². The first-order valence-electron chi connectivity index (χ1n) is 5.89. The summed E-state index contributed by atoms with van der Waals surface area (Å²) < 4.78 is 0. The molecule has 0 aliphatic carbocycles. The van der Waals surface area contributed by atoms with E-state index in [0.717, 1.165) is 6.42 Å². The Labute approximate surface area is 94.0 Å². The fourth-order valence-corrected chi connectivity index (χ4v) is 1.94. The number of benzene rings is 1. The maximum absolute atomic E-state index is 3.81. The van der Waals surface area contributed by atoms with Crippen LogP contribution in [0.1, 0.15) is 42.9 Å². The van der Waals surface area contributed by atoms with E-state index in [1.807, 2.05) is 12.1 Å². The van der Waals surface area contributed by atoms with Crippen LogP contribution in [0.2, 0.25) is 0 Å². The SMILES string of the molecule is C=CCc1cc[c]c(C)c1CCCCC. The second kappa shape index (κ2) is 6.44. The summed E-state index contributed by atoms with van der Waals surface area (Å²) in [6, 6.07) is 7.49.